The molecular weight excluding hydrogens is 466 g/mol. The van der Waals surface area contributed by atoms with Gasteiger partial charge in [0.15, 0.2) is 9.84 Å². The third-order valence-corrected chi connectivity index (χ3v) is 8.93. The Kier molecular flexibility index (Phi) is 6.27. The summed E-state index contributed by atoms with van der Waals surface area (Å²) in [6.45, 7) is 6.02. The molecule has 0 saturated heterocycles. The number of methoxy groups -OCH3 is 1. The monoisotopic (exact) mass is 495 g/mol. The minimum Gasteiger partial charge on any atom is -0.497 e. The standard InChI is InChI=1S/C31H29NO3S/c1-20-5-10-23(11-6-20)29-27-19-22(3)9-18-28(27)32-30(24-12-14-25(35-4)15-13-24)31(29)36(33,34)26-16-7-21(2)8-17-26/h5-19,29,31H,1-4H3. The third kappa shape index (κ3) is 4.35. The number of aryl methyl sites for hydroxylation is 3. The maximum Gasteiger partial charge on any atom is 0.187 e. The molecule has 36 heavy (non-hydrogen) atoms. The van der Waals surface area contributed by atoms with Crippen molar-refractivity contribution in [2.75, 3.05) is 7.11 Å². The van der Waals surface area contributed by atoms with Crippen molar-refractivity contribution in [3.05, 3.63) is 124 Å². The van der Waals surface area contributed by atoms with Crippen LogP contribution >= 0.6 is 0 Å². The molecule has 0 saturated carbocycles. The first-order valence-corrected chi connectivity index (χ1v) is 13.5. The van der Waals surface area contributed by atoms with Gasteiger partial charge in [0.2, 0.25) is 0 Å². The maximum atomic E-state index is 14.4. The van der Waals surface area contributed by atoms with Gasteiger partial charge in [-0.15, -0.1) is 0 Å². The Labute approximate surface area is 213 Å². The summed E-state index contributed by atoms with van der Waals surface area (Å²) >= 11 is 0. The van der Waals surface area contributed by atoms with Gasteiger partial charge in [0, 0.05) is 5.92 Å². The second-order valence-corrected chi connectivity index (χ2v) is 11.5. The molecule has 0 amide bonds. The molecular formula is C31H29NO3S. The van der Waals surface area contributed by atoms with Crippen LogP contribution in [0.15, 0.2) is 101 Å². The molecule has 2 atom stereocenters. The van der Waals surface area contributed by atoms with E-state index in [-0.39, 0.29) is 0 Å². The number of hydrogen-bond acceptors (Lipinski definition) is 4. The van der Waals surface area contributed by atoms with Crippen molar-refractivity contribution in [1.82, 2.24) is 0 Å². The molecule has 0 aromatic heterocycles. The highest BCUT2D eigenvalue weighted by Crippen LogP contribution is 2.45. The lowest BCUT2D eigenvalue weighted by atomic mass is 9.81. The van der Waals surface area contributed by atoms with Crippen LogP contribution in [0, 0.1) is 20.8 Å². The number of sulfone groups is 1. The van der Waals surface area contributed by atoms with Gasteiger partial charge >= 0.3 is 0 Å². The van der Waals surface area contributed by atoms with Crippen molar-refractivity contribution >= 4 is 21.2 Å². The highest BCUT2D eigenvalue weighted by Gasteiger charge is 2.44. The number of nitrogens with zero attached hydrogens (tertiary/aromatic N) is 1. The van der Waals surface area contributed by atoms with Crippen molar-refractivity contribution in [3.8, 4) is 5.75 Å². The lowest BCUT2D eigenvalue weighted by Crippen LogP contribution is -2.39. The molecule has 5 heteroatoms. The van der Waals surface area contributed by atoms with E-state index in [1.165, 1.54) is 0 Å². The molecule has 1 aliphatic rings. The molecule has 0 N–H and O–H groups in total. The first-order valence-electron chi connectivity index (χ1n) is 12.0. The van der Waals surface area contributed by atoms with Crippen LogP contribution in [0.4, 0.5) is 5.69 Å². The fraction of sp³-hybridized carbons (Fsp3) is 0.194. The molecule has 4 aromatic rings. The predicted octanol–water partition coefficient (Wildman–Crippen LogP) is 6.73. The number of benzene rings is 4. The molecule has 0 fully saturated rings. The molecule has 4 nitrogen and oxygen atoms in total. The molecule has 5 rings (SSSR count). The molecule has 2 unspecified atom stereocenters. The Balaban J connectivity index is 1.81. The molecule has 0 radical (unpaired) electrons. The van der Waals surface area contributed by atoms with Crippen molar-refractivity contribution < 1.29 is 13.2 Å². The zero-order chi connectivity index (χ0) is 25.4. The fourth-order valence-electron chi connectivity index (χ4n) is 4.86. The average Bonchev–Trinajstić information content (AvgIpc) is 2.88. The van der Waals surface area contributed by atoms with Gasteiger partial charge in [0.05, 0.1) is 23.4 Å². The second-order valence-electron chi connectivity index (χ2n) is 9.45. The number of rotatable bonds is 5. The van der Waals surface area contributed by atoms with Crippen molar-refractivity contribution in [1.29, 1.82) is 0 Å². The Bertz CT molecular complexity index is 1540. The quantitative estimate of drug-likeness (QED) is 0.308. The van der Waals surface area contributed by atoms with Crippen LogP contribution in [-0.2, 0) is 9.84 Å². The molecule has 4 aromatic carbocycles. The van der Waals surface area contributed by atoms with Gasteiger partial charge < -0.3 is 4.74 Å². The van der Waals surface area contributed by atoms with E-state index in [1.54, 1.807) is 19.2 Å². The van der Waals surface area contributed by atoms with E-state index in [1.807, 2.05) is 93.6 Å². The van der Waals surface area contributed by atoms with Crippen LogP contribution in [0.1, 0.15) is 39.3 Å². The second kappa shape index (κ2) is 9.40. The Morgan fingerprint density at radius 1 is 0.722 bits per heavy atom. The van der Waals surface area contributed by atoms with Crippen molar-refractivity contribution in [2.24, 2.45) is 4.99 Å². The molecule has 1 aliphatic heterocycles. The summed E-state index contributed by atoms with van der Waals surface area (Å²) in [6.07, 6.45) is 0. The van der Waals surface area contributed by atoms with Crippen LogP contribution in [0.25, 0.3) is 0 Å². The van der Waals surface area contributed by atoms with E-state index in [9.17, 15) is 8.42 Å². The molecule has 0 spiro atoms. The Morgan fingerprint density at radius 2 is 1.31 bits per heavy atom. The normalized spacial score (nSPS) is 17.3. The van der Waals surface area contributed by atoms with E-state index in [0.29, 0.717) is 16.4 Å². The van der Waals surface area contributed by atoms with Gasteiger partial charge in [-0.25, -0.2) is 8.42 Å². The van der Waals surface area contributed by atoms with Gasteiger partial charge in [-0.1, -0.05) is 65.2 Å². The number of hydrogen-bond donors (Lipinski definition) is 0. The SMILES string of the molecule is COc1ccc(C2=Nc3ccc(C)cc3C(c3ccc(C)cc3)C2S(=O)(=O)c2ccc(C)cc2)cc1. The predicted molar refractivity (Wildman–Crippen MR) is 146 cm³/mol. The average molecular weight is 496 g/mol. The summed E-state index contributed by atoms with van der Waals surface area (Å²) in [6, 6.07) is 28.8. The molecule has 0 bridgehead atoms. The zero-order valence-corrected chi connectivity index (χ0v) is 21.7. The van der Waals surface area contributed by atoms with Crippen LogP contribution in [0.5, 0.6) is 5.75 Å². The Morgan fingerprint density at radius 3 is 1.92 bits per heavy atom. The molecule has 1 heterocycles. The van der Waals surface area contributed by atoms with E-state index >= 15 is 0 Å². The van der Waals surface area contributed by atoms with Crippen LogP contribution in [0.2, 0.25) is 0 Å². The summed E-state index contributed by atoms with van der Waals surface area (Å²) in [5.41, 5.74) is 7.19. The van der Waals surface area contributed by atoms with Crippen LogP contribution < -0.4 is 4.74 Å². The first-order chi connectivity index (χ1) is 17.3. The smallest absolute Gasteiger partial charge is 0.187 e. The van der Waals surface area contributed by atoms with Crippen LogP contribution in [-0.4, -0.2) is 26.5 Å². The van der Waals surface area contributed by atoms with E-state index in [2.05, 4.69) is 6.07 Å². The van der Waals surface area contributed by atoms with E-state index < -0.39 is 21.0 Å². The summed E-state index contributed by atoms with van der Waals surface area (Å²) in [5, 5.41) is -0.898. The third-order valence-electron chi connectivity index (χ3n) is 6.84. The Hall–Kier alpha value is -3.70. The van der Waals surface area contributed by atoms with Gasteiger partial charge in [-0.2, -0.15) is 0 Å². The first kappa shape index (κ1) is 24.0. The van der Waals surface area contributed by atoms with E-state index in [4.69, 9.17) is 9.73 Å². The largest absolute Gasteiger partial charge is 0.497 e. The number of ether oxygens (including phenoxy) is 1. The topological polar surface area (TPSA) is 55.7 Å². The van der Waals surface area contributed by atoms with E-state index in [0.717, 1.165) is 39.1 Å². The summed E-state index contributed by atoms with van der Waals surface area (Å²) in [7, 11) is -2.20. The minimum absolute atomic E-state index is 0.299. The van der Waals surface area contributed by atoms with Crippen molar-refractivity contribution in [3.63, 3.8) is 0 Å². The minimum atomic E-state index is -3.82. The van der Waals surface area contributed by atoms with Gasteiger partial charge in [-0.05, 0) is 79.9 Å². The van der Waals surface area contributed by atoms with Crippen molar-refractivity contribution in [2.45, 2.75) is 36.8 Å². The summed E-state index contributed by atoms with van der Waals surface area (Å²) in [4.78, 5) is 5.29. The highest BCUT2D eigenvalue weighted by atomic mass is 32.2. The zero-order valence-electron chi connectivity index (χ0n) is 20.9. The lowest BCUT2D eigenvalue weighted by Gasteiger charge is -2.34. The molecule has 182 valence electrons. The maximum absolute atomic E-state index is 14.4. The van der Waals surface area contributed by atoms with Gasteiger partial charge in [0.1, 0.15) is 11.0 Å². The van der Waals surface area contributed by atoms with Crippen LogP contribution in [0.3, 0.4) is 0 Å². The molecule has 0 aliphatic carbocycles. The number of aliphatic imine (C=N–C) groups is 1. The highest BCUT2D eigenvalue weighted by molar-refractivity contribution is 7.93. The summed E-state index contributed by atoms with van der Waals surface area (Å²) < 4.78 is 34.2. The van der Waals surface area contributed by atoms with Gasteiger partial charge in [-0.3, -0.25) is 4.99 Å². The lowest BCUT2D eigenvalue weighted by molar-refractivity contribution is 0.415. The fourth-order valence-corrected chi connectivity index (χ4v) is 6.81. The summed E-state index contributed by atoms with van der Waals surface area (Å²) in [5.74, 6) is 0.292. The number of fused-ring (bicyclic) bond motifs is 1. The van der Waals surface area contributed by atoms with Gasteiger partial charge in [0.25, 0.3) is 0 Å².